The lowest BCUT2D eigenvalue weighted by atomic mass is 9.85. The molecule has 0 aliphatic carbocycles. The maximum atomic E-state index is 12.7. The average molecular weight is 518 g/mol. The zero-order valence-corrected chi connectivity index (χ0v) is 21.6. The van der Waals surface area contributed by atoms with Crippen LogP contribution in [0.25, 0.3) is 27.4 Å². The van der Waals surface area contributed by atoms with Crippen molar-refractivity contribution in [2.24, 2.45) is 5.73 Å². The van der Waals surface area contributed by atoms with E-state index in [2.05, 4.69) is 18.8 Å². The molecule has 1 aliphatic rings. The van der Waals surface area contributed by atoms with Gasteiger partial charge in [-0.2, -0.15) is 0 Å². The van der Waals surface area contributed by atoms with Crippen molar-refractivity contribution >= 4 is 44.9 Å². The zero-order chi connectivity index (χ0) is 26.5. The van der Waals surface area contributed by atoms with Gasteiger partial charge < -0.3 is 25.3 Å². The SMILES string of the molecule is C/C=C\C=C(/C(N)=O)c1c(C(O)O)n(Cc2cc3ccccc3nc2Cl)c2ccc3c(c12)OCC3(C)C. The molecule has 4 N–H and O–H groups in total. The Labute approximate surface area is 219 Å². The summed E-state index contributed by atoms with van der Waals surface area (Å²) in [6, 6.07) is 13.5. The molecular formula is C29H28ClN3O4. The quantitative estimate of drug-likeness (QED) is 0.144. The van der Waals surface area contributed by atoms with E-state index in [9.17, 15) is 15.0 Å². The molecule has 37 heavy (non-hydrogen) atoms. The van der Waals surface area contributed by atoms with Crippen LogP contribution in [0.2, 0.25) is 5.15 Å². The monoisotopic (exact) mass is 517 g/mol. The van der Waals surface area contributed by atoms with Crippen molar-refractivity contribution < 1.29 is 19.7 Å². The number of aliphatic hydroxyl groups excluding tert-OH is 1. The smallest absolute Gasteiger partial charge is 0.249 e. The third-order valence-corrected chi connectivity index (χ3v) is 7.17. The Morgan fingerprint density at radius 1 is 1.27 bits per heavy atom. The van der Waals surface area contributed by atoms with E-state index >= 15 is 0 Å². The van der Waals surface area contributed by atoms with Crippen molar-refractivity contribution in [1.82, 2.24) is 9.55 Å². The number of hydrogen-bond acceptors (Lipinski definition) is 5. The molecule has 0 radical (unpaired) electrons. The molecule has 5 rings (SSSR count). The number of hydrogen-bond donors (Lipinski definition) is 3. The summed E-state index contributed by atoms with van der Waals surface area (Å²) in [6.45, 7) is 6.60. The first-order chi connectivity index (χ1) is 17.6. The summed E-state index contributed by atoms with van der Waals surface area (Å²) in [4.78, 5) is 17.2. The first-order valence-corrected chi connectivity index (χ1v) is 12.4. The fraction of sp³-hybridized carbons (Fsp3) is 0.241. The van der Waals surface area contributed by atoms with Gasteiger partial charge in [-0.05, 0) is 31.2 Å². The average Bonchev–Trinajstić information content (AvgIpc) is 3.34. The molecule has 0 saturated carbocycles. The Balaban J connectivity index is 1.86. The highest BCUT2D eigenvalue weighted by molar-refractivity contribution is 6.30. The fourth-order valence-electron chi connectivity index (χ4n) is 5.05. The van der Waals surface area contributed by atoms with Gasteiger partial charge in [0.15, 0.2) is 6.29 Å². The normalized spacial score (nSPS) is 15.2. The summed E-state index contributed by atoms with van der Waals surface area (Å²) in [5.41, 5.74) is 9.24. The van der Waals surface area contributed by atoms with Crippen molar-refractivity contribution in [1.29, 1.82) is 0 Å². The van der Waals surface area contributed by atoms with E-state index in [-0.39, 0.29) is 23.2 Å². The van der Waals surface area contributed by atoms with Crippen LogP contribution in [0.15, 0.2) is 60.7 Å². The van der Waals surface area contributed by atoms with E-state index in [4.69, 9.17) is 22.1 Å². The minimum absolute atomic E-state index is 0.121. The minimum Gasteiger partial charge on any atom is -0.492 e. The van der Waals surface area contributed by atoms with E-state index in [0.29, 0.717) is 39.5 Å². The molecule has 3 heterocycles. The number of aliphatic hydroxyl groups is 2. The summed E-state index contributed by atoms with van der Waals surface area (Å²) in [6.07, 6.45) is 3.13. The molecule has 1 aliphatic heterocycles. The molecule has 0 fully saturated rings. The van der Waals surface area contributed by atoms with Gasteiger partial charge in [0.2, 0.25) is 5.91 Å². The molecule has 0 atom stereocenters. The van der Waals surface area contributed by atoms with Gasteiger partial charge in [0.25, 0.3) is 0 Å². The van der Waals surface area contributed by atoms with Gasteiger partial charge >= 0.3 is 0 Å². The van der Waals surface area contributed by atoms with Crippen molar-refractivity contribution in [3.63, 3.8) is 0 Å². The van der Waals surface area contributed by atoms with E-state index in [1.165, 1.54) is 0 Å². The van der Waals surface area contributed by atoms with Crippen LogP contribution in [0.4, 0.5) is 0 Å². The van der Waals surface area contributed by atoms with Gasteiger partial charge in [0.05, 0.1) is 35.3 Å². The lowest BCUT2D eigenvalue weighted by molar-refractivity contribution is -0.112. The van der Waals surface area contributed by atoms with Crippen molar-refractivity contribution in [2.45, 2.75) is 39.0 Å². The fourth-order valence-corrected chi connectivity index (χ4v) is 5.26. The molecule has 7 nitrogen and oxygen atoms in total. The van der Waals surface area contributed by atoms with Crippen LogP contribution in [0.1, 0.15) is 49.4 Å². The second-order valence-corrected chi connectivity index (χ2v) is 10.2. The highest BCUT2D eigenvalue weighted by atomic mass is 35.5. The maximum absolute atomic E-state index is 12.7. The lowest BCUT2D eigenvalue weighted by Crippen LogP contribution is -2.18. The van der Waals surface area contributed by atoms with E-state index in [0.717, 1.165) is 16.5 Å². The summed E-state index contributed by atoms with van der Waals surface area (Å²) < 4.78 is 7.91. The maximum Gasteiger partial charge on any atom is 0.249 e. The van der Waals surface area contributed by atoms with E-state index < -0.39 is 12.2 Å². The van der Waals surface area contributed by atoms with Crippen LogP contribution in [0, 0.1) is 0 Å². The summed E-state index contributed by atoms with van der Waals surface area (Å²) in [5.74, 6) is -0.0900. The second-order valence-electron chi connectivity index (χ2n) is 9.83. The first kappa shape index (κ1) is 25.0. The highest BCUT2D eigenvalue weighted by Crippen LogP contribution is 2.48. The third kappa shape index (κ3) is 4.19. The van der Waals surface area contributed by atoms with Crippen LogP contribution in [-0.4, -0.2) is 32.3 Å². The van der Waals surface area contributed by atoms with Crippen LogP contribution >= 0.6 is 11.6 Å². The Hall–Kier alpha value is -3.65. The van der Waals surface area contributed by atoms with Crippen LogP contribution in [0.5, 0.6) is 5.75 Å². The predicted octanol–water partition coefficient (Wildman–Crippen LogP) is 4.99. The number of carbonyl (C=O) groups is 1. The molecule has 0 bridgehead atoms. The van der Waals surface area contributed by atoms with Gasteiger partial charge in [-0.15, -0.1) is 0 Å². The van der Waals surface area contributed by atoms with Crippen LogP contribution < -0.4 is 10.5 Å². The molecule has 8 heteroatoms. The number of benzene rings is 2. The number of primary amides is 1. The number of fused-ring (bicyclic) bond motifs is 4. The number of rotatable bonds is 6. The van der Waals surface area contributed by atoms with Gasteiger partial charge in [-0.3, -0.25) is 4.79 Å². The minimum atomic E-state index is -1.91. The number of halogens is 1. The largest absolute Gasteiger partial charge is 0.492 e. The molecule has 4 aromatic rings. The Bertz CT molecular complexity index is 1610. The number of pyridine rings is 1. The molecule has 190 valence electrons. The molecule has 1 amide bonds. The topological polar surface area (TPSA) is 111 Å². The van der Waals surface area contributed by atoms with Crippen LogP contribution in [0.3, 0.4) is 0 Å². The third-order valence-electron chi connectivity index (χ3n) is 6.84. The highest BCUT2D eigenvalue weighted by Gasteiger charge is 2.37. The molecule has 0 unspecified atom stereocenters. The Morgan fingerprint density at radius 3 is 2.73 bits per heavy atom. The predicted molar refractivity (Wildman–Crippen MR) is 145 cm³/mol. The van der Waals surface area contributed by atoms with Gasteiger partial charge in [0, 0.05) is 33.1 Å². The second kappa shape index (κ2) is 9.34. The lowest BCUT2D eigenvalue weighted by Gasteiger charge is -2.16. The molecular weight excluding hydrogens is 490 g/mol. The van der Waals surface area contributed by atoms with Gasteiger partial charge in [-0.25, -0.2) is 4.98 Å². The van der Waals surface area contributed by atoms with Crippen molar-refractivity contribution in [2.75, 3.05) is 6.61 Å². The number of amides is 1. The molecule has 0 spiro atoms. The van der Waals surface area contributed by atoms with Gasteiger partial charge in [0.1, 0.15) is 10.9 Å². The Morgan fingerprint density at radius 2 is 2.03 bits per heavy atom. The van der Waals surface area contributed by atoms with E-state index in [1.807, 2.05) is 49.4 Å². The standard InChI is InChI=1S/C29H28ClN3O4/c1-4-5-9-18(27(31)34)22-23-21(12-11-19-25(23)37-15-29(19,2)3)33(24(22)28(35)36)14-17-13-16-8-6-7-10-20(16)32-26(17)30/h4-13,28,35-36H,14-15H2,1-3H3,(H2,31,34)/b5-4-,18-9-. The number of ether oxygens (including phenoxy) is 1. The summed E-state index contributed by atoms with van der Waals surface area (Å²) in [5, 5.41) is 23.1. The number of nitrogens with zero attached hydrogens (tertiary/aromatic N) is 2. The summed E-state index contributed by atoms with van der Waals surface area (Å²) >= 11 is 6.59. The first-order valence-electron chi connectivity index (χ1n) is 12.0. The van der Waals surface area contributed by atoms with Crippen molar-refractivity contribution in [3.05, 3.63) is 88.2 Å². The number of aromatic nitrogens is 2. The van der Waals surface area contributed by atoms with Crippen LogP contribution in [-0.2, 0) is 16.8 Å². The van der Waals surface area contributed by atoms with Crippen molar-refractivity contribution in [3.8, 4) is 5.75 Å². The molecule has 2 aromatic heterocycles. The zero-order valence-electron chi connectivity index (χ0n) is 20.8. The Kier molecular flexibility index (Phi) is 6.31. The molecule has 2 aromatic carbocycles. The summed E-state index contributed by atoms with van der Waals surface area (Å²) in [7, 11) is 0. The molecule has 0 saturated heterocycles. The number of para-hydroxylation sites is 1. The number of allylic oxidation sites excluding steroid dienone is 3. The van der Waals surface area contributed by atoms with E-state index in [1.54, 1.807) is 22.8 Å². The number of nitrogens with two attached hydrogens (primary N) is 1. The number of carbonyl (C=O) groups excluding carboxylic acids is 1. The van der Waals surface area contributed by atoms with Gasteiger partial charge in [-0.1, -0.05) is 61.9 Å².